The van der Waals surface area contributed by atoms with Crippen molar-refractivity contribution in [1.82, 2.24) is 10.6 Å². The average molecular weight is 214 g/mol. The molecule has 0 aliphatic rings. The number of rotatable bonds is 12. The summed E-state index contributed by atoms with van der Waals surface area (Å²) in [5.74, 6) is 0. The SMILES string of the molecule is CCCCCNCCCNCCCCC. The average Bonchev–Trinajstić information content (AvgIpc) is 2.26. The van der Waals surface area contributed by atoms with Crippen molar-refractivity contribution in [2.75, 3.05) is 26.2 Å². The van der Waals surface area contributed by atoms with E-state index in [1.807, 2.05) is 0 Å². The monoisotopic (exact) mass is 214 g/mol. The van der Waals surface area contributed by atoms with E-state index in [-0.39, 0.29) is 0 Å². The second-order valence-electron chi connectivity index (χ2n) is 4.27. The maximum absolute atomic E-state index is 3.48. The third kappa shape index (κ3) is 13.9. The Bertz CT molecular complexity index is 92.7. The Morgan fingerprint density at radius 1 is 0.533 bits per heavy atom. The van der Waals surface area contributed by atoms with E-state index in [4.69, 9.17) is 0 Å². The van der Waals surface area contributed by atoms with Crippen LogP contribution in [0, 0.1) is 0 Å². The Kier molecular flexibility index (Phi) is 13.8. The molecule has 0 heterocycles. The number of hydrogen-bond acceptors (Lipinski definition) is 2. The molecule has 0 unspecified atom stereocenters. The van der Waals surface area contributed by atoms with Crippen LogP contribution in [0.1, 0.15) is 58.8 Å². The second kappa shape index (κ2) is 13.9. The normalized spacial score (nSPS) is 10.8. The lowest BCUT2D eigenvalue weighted by Crippen LogP contribution is -2.23. The van der Waals surface area contributed by atoms with Crippen LogP contribution in [-0.4, -0.2) is 26.2 Å². The zero-order chi connectivity index (χ0) is 11.2. The molecule has 0 bridgehead atoms. The third-order valence-electron chi connectivity index (χ3n) is 2.62. The zero-order valence-corrected chi connectivity index (χ0v) is 10.8. The maximum atomic E-state index is 3.48. The van der Waals surface area contributed by atoms with E-state index in [1.165, 1.54) is 71.1 Å². The summed E-state index contributed by atoms with van der Waals surface area (Å²) in [5, 5.41) is 6.96. The Morgan fingerprint density at radius 2 is 0.933 bits per heavy atom. The van der Waals surface area contributed by atoms with Gasteiger partial charge < -0.3 is 10.6 Å². The van der Waals surface area contributed by atoms with Gasteiger partial charge in [-0.1, -0.05) is 39.5 Å². The molecule has 0 aromatic heterocycles. The van der Waals surface area contributed by atoms with Crippen molar-refractivity contribution in [2.24, 2.45) is 0 Å². The van der Waals surface area contributed by atoms with Gasteiger partial charge in [0.2, 0.25) is 0 Å². The van der Waals surface area contributed by atoms with Gasteiger partial charge in [0.1, 0.15) is 0 Å². The summed E-state index contributed by atoms with van der Waals surface area (Å²) in [6, 6.07) is 0. The minimum absolute atomic E-state index is 1.17. The topological polar surface area (TPSA) is 24.1 Å². The van der Waals surface area contributed by atoms with Gasteiger partial charge in [0.05, 0.1) is 0 Å². The fraction of sp³-hybridized carbons (Fsp3) is 1.00. The van der Waals surface area contributed by atoms with E-state index >= 15 is 0 Å². The van der Waals surface area contributed by atoms with Crippen molar-refractivity contribution in [2.45, 2.75) is 58.8 Å². The first-order valence-electron chi connectivity index (χ1n) is 6.83. The molecule has 0 aliphatic carbocycles. The highest BCUT2D eigenvalue weighted by Gasteiger charge is 1.89. The predicted octanol–water partition coefficient (Wildman–Crippen LogP) is 2.94. The largest absolute Gasteiger partial charge is 0.317 e. The number of unbranched alkanes of at least 4 members (excludes halogenated alkanes) is 4. The molecule has 0 rings (SSSR count). The molecule has 0 amide bonds. The van der Waals surface area contributed by atoms with Crippen molar-refractivity contribution in [3.63, 3.8) is 0 Å². The van der Waals surface area contributed by atoms with Crippen LogP contribution in [0.25, 0.3) is 0 Å². The zero-order valence-electron chi connectivity index (χ0n) is 10.8. The number of hydrogen-bond donors (Lipinski definition) is 2. The standard InChI is InChI=1S/C13H30N2/c1-3-5-7-10-14-12-9-13-15-11-8-6-4-2/h14-15H,3-13H2,1-2H3. The highest BCUT2D eigenvalue weighted by molar-refractivity contribution is 4.52. The van der Waals surface area contributed by atoms with E-state index in [0.717, 1.165) is 0 Å². The summed E-state index contributed by atoms with van der Waals surface area (Å²) in [5.41, 5.74) is 0. The molecule has 2 heteroatoms. The van der Waals surface area contributed by atoms with Crippen LogP contribution in [0.3, 0.4) is 0 Å². The van der Waals surface area contributed by atoms with Crippen LogP contribution in [0.2, 0.25) is 0 Å². The highest BCUT2D eigenvalue weighted by atomic mass is 14.9. The maximum Gasteiger partial charge on any atom is -0.00368 e. The summed E-state index contributed by atoms with van der Waals surface area (Å²) >= 11 is 0. The molecule has 0 aliphatic heterocycles. The smallest absolute Gasteiger partial charge is 0.00368 e. The van der Waals surface area contributed by atoms with Crippen LogP contribution >= 0.6 is 0 Å². The fourth-order valence-corrected chi connectivity index (χ4v) is 1.59. The molecule has 0 saturated heterocycles. The van der Waals surface area contributed by atoms with Crippen molar-refractivity contribution < 1.29 is 0 Å². The van der Waals surface area contributed by atoms with Gasteiger partial charge in [-0.2, -0.15) is 0 Å². The molecular weight excluding hydrogens is 184 g/mol. The van der Waals surface area contributed by atoms with Crippen molar-refractivity contribution in [1.29, 1.82) is 0 Å². The van der Waals surface area contributed by atoms with Crippen LogP contribution in [0.15, 0.2) is 0 Å². The second-order valence-corrected chi connectivity index (χ2v) is 4.27. The predicted molar refractivity (Wildman–Crippen MR) is 69.4 cm³/mol. The Morgan fingerprint density at radius 3 is 1.33 bits per heavy atom. The van der Waals surface area contributed by atoms with Gasteiger partial charge in [0.25, 0.3) is 0 Å². The molecule has 2 N–H and O–H groups in total. The van der Waals surface area contributed by atoms with E-state index in [1.54, 1.807) is 0 Å². The Labute approximate surface area is 96.2 Å². The van der Waals surface area contributed by atoms with Gasteiger partial charge in [0.15, 0.2) is 0 Å². The van der Waals surface area contributed by atoms with Gasteiger partial charge in [-0.05, 0) is 45.4 Å². The first-order valence-corrected chi connectivity index (χ1v) is 6.83. The van der Waals surface area contributed by atoms with E-state index in [9.17, 15) is 0 Å². The van der Waals surface area contributed by atoms with Crippen LogP contribution in [0.5, 0.6) is 0 Å². The third-order valence-corrected chi connectivity index (χ3v) is 2.62. The molecule has 0 spiro atoms. The van der Waals surface area contributed by atoms with E-state index in [0.29, 0.717) is 0 Å². The molecule has 0 atom stereocenters. The van der Waals surface area contributed by atoms with Crippen molar-refractivity contribution in [3.8, 4) is 0 Å². The van der Waals surface area contributed by atoms with Crippen LogP contribution in [-0.2, 0) is 0 Å². The van der Waals surface area contributed by atoms with Crippen LogP contribution in [0.4, 0.5) is 0 Å². The Hall–Kier alpha value is -0.0800. The fourth-order valence-electron chi connectivity index (χ4n) is 1.59. The summed E-state index contributed by atoms with van der Waals surface area (Å²) in [6.45, 7) is 9.24. The number of nitrogens with one attached hydrogen (secondary N) is 2. The quantitative estimate of drug-likeness (QED) is 0.488. The van der Waals surface area contributed by atoms with Crippen LogP contribution < -0.4 is 10.6 Å². The van der Waals surface area contributed by atoms with Crippen molar-refractivity contribution >= 4 is 0 Å². The molecule has 0 aromatic rings. The van der Waals surface area contributed by atoms with E-state index in [2.05, 4.69) is 24.5 Å². The molecular formula is C13H30N2. The highest BCUT2D eigenvalue weighted by Crippen LogP contribution is 1.92. The lowest BCUT2D eigenvalue weighted by atomic mass is 10.2. The van der Waals surface area contributed by atoms with E-state index < -0.39 is 0 Å². The lowest BCUT2D eigenvalue weighted by molar-refractivity contribution is 0.559. The van der Waals surface area contributed by atoms with Gasteiger partial charge >= 0.3 is 0 Å². The van der Waals surface area contributed by atoms with Gasteiger partial charge in [-0.3, -0.25) is 0 Å². The Balaban J connectivity index is 2.81. The molecule has 0 aromatic carbocycles. The summed E-state index contributed by atoms with van der Waals surface area (Å²) in [6.07, 6.45) is 9.30. The molecule has 2 nitrogen and oxygen atoms in total. The van der Waals surface area contributed by atoms with Gasteiger partial charge in [-0.25, -0.2) is 0 Å². The first-order chi connectivity index (χ1) is 7.41. The molecule has 92 valence electrons. The molecule has 0 radical (unpaired) electrons. The molecule has 0 fully saturated rings. The summed E-state index contributed by atoms with van der Waals surface area (Å²) in [4.78, 5) is 0. The van der Waals surface area contributed by atoms with Gasteiger partial charge in [-0.15, -0.1) is 0 Å². The first kappa shape index (κ1) is 14.9. The summed E-state index contributed by atoms with van der Waals surface area (Å²) < 4.78 is 0. The molecule has 15 heavy (non-hydrogen) atoms. The minimum Gasteiger partial charge on any atom is -0.317 e. The minimum atomic E-state index is 1.17. The van der Waals surface area contributed by atoms with Gasteiger partial charge in [0, 0.05) is 0 Å². The summed E-state index contributed by atoms with van der Waals surface area (Å²) in [7, 11) is 0. The molecule has 0 saturated carbocycles. The van der Waals surface area contributed by atoms with Crippen molar-refractivity contribution in [3.05, 3.63) is 0 Å². The lowest BCUT2D eigenvalue weighted by Gasteiger charge is -2.05.